The van der Waals surface area contributed by atoms with Gasteiger partial charge in [0.2, 0.25) is 0 Å². The normalized spacial score (nSPS) is 20.3. The first-order valence-corrected chi connectivity index (χ1v) is 10.3. The van der Waals surface area contributed by atoms with Crippen LogP contribution in [-0.2, 0) is 16.1 Å². The third-order valence-electron chi connectivity index (χ3n) is 5.78. The summed E-state index contributed by atoms with van der Waals surface area (Å²) in [7, 11) is 0. The van der Waals surface area contributed by atoms with Crippen molar-refractivity contribution in [2.24, 2.45) is 0 Å². The van der Waals surface area contributed by atoms with Gasteiger partial charge in [-0.2, -0.15) is 0 Å². The van der Waals surface area contributed by atoms with E-state index in [0.29, 0.717) is 23.4 Å². The number of carbonyl (C=O) groups is 2. The fourth-order valence-electron chi connectivity index (χ4n) is 4.29. The first-order chi connectivity index (χ1) is 14.5. The van der Waals surface area contributed by atoms with E-state index >= 15 is 4.39 Å². The average molecular weight is 464 g/mol. The van der Waals surface area contributed by atoms with Crippen LogP contribution in [0.2, 0.25) is 0 Å². The number of amides is 2. The number of anilines is 2. The predicted molar refractivity (Wildman–Crippen MR) is 117 cm³/mol. The molecule has 0 N–H and O–H groups in total. The summed E-state index contributed by atoms with van der Waals surface area (Å²) in [6, 6.07) is 8.14. The molecule has 1 aromatic heterocycles. The highest BCUT2D eigenvalue weighted by Gasteiger charge is 2.41. The summed E-state index contributed by atoms with van der Waals surface area (Å²) in [6.45, 7) is 0.0311. The van der Waals surface area contributed by atoms with Gasteiger partial charge in [-0.3, -0.25) is 24.4 Å². The van der Waals surface area contributed by atoms with Crippen molar-refractivity contribution < 1.29 is 18.7 Å². The van der Waals surface area contributed by atoms with Crippen LogP contribution in [0.25, 0.3) is 0 Å². The zero-order valence-electron chi connectivity index (χ0n) is 16.5. The molecule has 1 aliphatic carbocycles. The van der Waals surface area contributed by atoms with Crippen LogP contribution in [-0.4, -0.2) is 28.9 Å². The van der Waals surface area contributed by atoms with Gasteiger partial charge < -0.3 is 4.74 Å². The van der Waals surface area contributed by atoms with E-state index in [-0.39, 0.29) is 48.8 Å². The molecule has 0 spiro atoms. The largest absolute Gasteiger partial charge is 0.481 e. The number of rotatable bonds is 3. The Morgan fingerprint density at radius 1 is 1.16 bits per heavy atom. The van der Waals surface area contributed by atoms with Gasteiger partial charge in [-0.15, -0.1) is 12.4 Å². The Labute approximate surface area is 190 Å². The van der Waals surface area contributed by atoms with E-state index in [4.69, 9.17) is 16.3 Å². The van der Waals surface area contributed by atoms with E-state index in [9.17, 15) is 9.59 Å². The summed E-state index contributed by atoms with van der Waals surface area (Å²) in [6.07, 6.45) is 4.94. The lowest BCUT2D eigenvalue weighted by Crippen LogP contribution is -2.39. The number of pyridine rings is 1. The molecule has 2 aromatic rings. The monoisotopic (exact) mass is 463 g/mol. The quantitative estimate of drug-likeness (QED) is 0.501. The molecule has 5 rings (SSSR count). The van der Waals surface area contributed by atoms with E-state index in [0.717, 1.165) is 24.8 Å². The molecule has 3 aliphatic rings. The second-order valence-electron chi connectivity index (χ2n) is 7.58. The minimum absolute atomic E-state index is 0. The first-order valence-electron chi connectivity index (χ1n) is 9.91. The third-order valence-corrected chi connectivity index (χ3v) is 6.24. The molecule has 0 fully saturated rings. The maximum atomic E-state index is 15.0. The predicted octanol–water partition coefficient (Wildman–Crippen LogP) is 4.35. The van der Waals surface area contributed by atoms with Crippen LogP contribution in [0.1, 0.15) is 31.4 Å². The second-order valence-corrected chi connectivity index (χ2v) is 8.00. The fraction of sp³-hybridized carbons (Fsp3) is 0.318. The molecule has 2 aliphatic heterocycles. The molecule has 9 heteroatoms. The molecule has 0 saturated carbocycles. The summed E-state index contributed by atoms with van der Waals surface area (Å²) >= 11 is 6.59. The maximum absolute atomic E-state index is 15.0. The lowest BCUT2D eigenvalue weighted by Gasteiger charge is -2.31. The van der Waals surface area contributed by atoms with Gasteiger partial charge in [0.1, 0.15) is 11.3 Å². The van der Waals surface area contributed by atoms with E-state index < -0.39 is 11.3 Å². The second kappa shape index (κ2) is 8.48. The van der Waals surface area contributed by atoms with Gasteiger partial charge in [-0.05, 0) is 49.5 Å². The van der Waals surface area contributed by atoms with E-state index in [2.05, 4.69) is 4.98 Å². The van der Waals surface area contributed by atoms with E-state index in [1.807, 2.05) is 12.1 Å². The zero-order valence-corrected chi connectivity index (χ0v) is 18.1. The molecule has 162 valence electrons. The highest BCUT2D eigenvalue weighted by molar-refractivity contribution is 6.30. The van der Waals surface area contributed by atoms with Gasteiger partial charge in [0.05, 0.1) is 23.6 Å². The number of nitrogens with zero attached hydrogens (tertiary/aromatic N) is 3. The van der Waals surface area contributed by atoms with Crippen LogP contribution >= 0.6 is 24.0 Å². The Kier molecular flexibility index (Phi) is 5.90. The molecular formula is C22H20Cl2FN3O3. The highest BCUT2D eigenvalue weighted by Crippen LogP contribution is 2.44. The van der Waals surface area contributed by atoms with Crippen LogP contribution in [0, 0.1) is 5.82 Å². The van der Waals surface area contributed by atoms with Gasteiger partial charge in [-0.25, -0.2) is 4.39 Å². The molecule has 0 radical (unpaired) electrons. The molecule has 6 nitrogen and oxygen atoms in total. The van der Waals surface area contributed by atoms with Crippen LogP contribution in [0.5, 0.6) is 5.75 Å². The summed E-state index contributed by atoms with van der Waals surface area (Å²) in [5.41, 5.74) is 1.99. The number of hydrogen-bond donors (Lipinski definition) is 0. The number of carbonyl (C=O) groups excluding carboxylic acids is 2. The minimum atomic E-state index is -0.718. The lowest BCUT2D eigenvalue weighted by molar-refractivity contribution is -0.121. The van der Waals surface area contributed by atoms with Gasteiger partial charge in [-0.1, -0.05) is 17.7 Å². The van der Waals surface area contributed by atoms with Crippen molar-refractivity contribution in [2.45, 2.75) is 37.7 Å². The first kappa shape index (κ1) is 21.6. The maximum Gasteiger partial charge on any atom is 0.265 e. The van der Waals surface area contributed by atoms with Gasteiger partial charge in [0, 0.05) is 17.8 Å². The van der Waals surface area contributed by atoms with Crippen molar-refractivity contribution in [1.82, 2.24) is 4.98 Å². The molecule has 1 atom stereocenters. The number of aromatic nitrogens is 1. The van der Waals surface area contributed by atoms with Crippen molar-refractivity contribution in [3.05, 3.63) is 59.2 Å². The van der Waals surface area contributed by atoms with Gasteiger partial charge >= 0.3 is 0 Å². The molecule has 31 heavy (non-hydrogen) atoms. The number of fused-ring (bicyclic) bond motifs is 1. The Morgan fingerprint density at radius 3 is 2.71 bits per heavy atom. The Morgan fingerprint density at radius 2 is 1.97 bits per heavy atom. The van der Waals surface area contributed by atoms with Crippen LogP contribution in [0.15, 0.2) is 47.7 Å². The standard InChI is InChI=1S/C22H19ClFN3O3.ClH/c23-21-14-6-1-2-7-15(14)22(29)27(21)17-10-18-19(9-16(17)24)30-12-20(28)26(18)11-13-5-3-4-8-25-13;/h3-5,8-10,21H,1-2,6-7,11-12H2;1H. The van der Waals surface area contributed by atoms with Crippen molar-refractivity contribution >= 4 is 47.2 Å². The lowest BCUT2D eigenvalue weighted by atomic mass is 9.94. The highest BCUT2D eigenvalue weighted by atomic mass is 35.5. The Balaban J connectivity index is 0.00000231. The van der Waals surface area contributed by atoms with E-state index in [1.54, 1.807) is 12.3 Å². The summed E-state index contributed by atoms with van der Waals surface area (Å²) in [5, 5.41) is 0. The molecule has 2 amide bonds. The third kappa shape index (κ3) is 3.66. The molecule has 0 bridgehead atoms. The SMILES string of the molecule is Cl.O=C1COc2cc(F)c(N3C(=O)C4=C(CCCC4)C3Cl)cc2N1Cc1ccccn1. The number of halogens is 3. The molecular weight excluding hydrogens is 444 g/mol. The smallest absolute Gasteiger partial charge is 0.265 e. The summed E-state index contributed by atoms with van der Waals surface area (Å²) < 4.78 is 20.5. The fourth-order valence-corrected chi connectivity index (χ4v) is 4.73. The molecule has 0 saturated heterocycles. The minimum Gasteiger partial charge on any atom is -0.481 e. The summed E-state index contributed by atoms with van der Waals surface area (Å²) in [4.78, 5) is 32.6. The van der Waals surface area contributed by atoms with Crippen molar-refractivity contribution in [3.8, 4) is 5.75 Å². The molecule has 1 unspecified atom stereocenters. The molecule has 1 aromatic carbocycles. The average Bonchev–Trinajstić information content (AvgIpc) is 3.01. The van der Waals surface area contributed by atoms with Crippen molar-refractivity contribution in [1.29, 1.82) is 0 Å². The Hall–Kier alpha value is -2.64. The number of benzene rings is 1. The van der Waals surface area contributed by atoms with Crippen LogP contribution in [0.3, 0.4) is 0 Å². The summed E-state index contributed by atoms with van der Waals surface area (Å²) in [5.74, 6) is -0.886. The van der Waals surface area contributed by atoms with Crippen LogP contribution in [0.4, 0.5) is 15.8 Å². The van der Waals surface area contributed by atoms with Crippen molar-refractivity contribution in [2.75, 3.05) is 16.4 Å². The van der Waals surface area contributed by atoms with Gasteiger partial charge in [0.15, 0.2) is 12.4 Å². The number of alkyl halides is 1. The van der Waals surface area contributed by atoms with Crippen LogP contribution < -0.4 is 14.5 Å². The van der Waals surface area contributed by atoms with Gasteiger partial charge in [0.25, 0.3) is 11.8 Å². The van der Waals surface area contributed by atoms with Crippen molar-refractivity contribution in [3.63, 3.8) is 0 Å². The zero-order chi connectivity index (χ0) is 20.8. The molecule has 3 heterocycles. The van der Waals surface area contributed by atoms with E-state index in [1.165, 1.54) is 21.9 Å². The Bertz CT molecular complexity index is 1080. The number of ether oxygens (including phenoxy) is 1. The topological polar surface area (TPSA) is 62.7 Å². The number of hydrogen-bond acceptors (Lipinski definition) is 4.